The average Bonchev–Trinajstić information content (AvgIpc) is 2.05. The van der Waals surface area contributed by atoms with Crippen LogP contribution in [0.5, 0.6) is 0 Å². The normalized spacial score (nSPS) is 52.4. The molecule has 0 saturated heterocycles. The van der Waals surface area contributed by atoms with Crippen LogP contribution in [-0.4, -0.2) is 0 Å². The highest BCUT2D eigenvalue weighted by molar-refractivity contribution is 5.85. The molecule has 4 bridgehead atoms. The summed E-state index contributed by atoms with van der Waals surface area (Å²) in [5.74, 6) is 4.74. The lowest BCUT2D eigenvalue weighted by molar-refractivity contribution is -0.0164. The summed E-state index contributed by atoms with van der Waals surface area (Å²) < 4.78 is 0. The SMILES string of the molecule is C1CC2CC3CCC2CC13.Cl. The van der Waals surface area contributed by atoms with Crippen molar-refractivity contribution in [1.29, 1.82) is 0 Å². The fraction of sp³-hybridized carbons (Fsp3) is 1.00. The summed E-state index contributed by atoms with van der Waals surface area (Å²) >= 11 is 0. The highest BCUT2D eigenvalue weighted by atomic mass is 35.5. The highest BCUT2D eigenvalue weighted by Gasteiger charge is 2.44. The van der Waals surface area contributed by atoms with Gasteiger partial charge in [-0.25, -0.2) is 0 Å². The summed E-state index contributed by atoms with van der Waals surface area (Å²) in [7, 11) is 0. The fourth-order valence-electron chi connectivity index (χ4n) is 3.82. The van der Waals surface area contributed by atoms with Crippen molar-refractivity contribution >= 4 is 12.4 Å². The Morgan fingerprint density at radius 1 is 0.545 bits per heavy atom. The van der Waals surface area contributed by atoms with Crippen molar-refractivity contribution in [2.24, 2.45) is 23.7 Å². The maximum Gasteiger partial charge on any atom is -0.0383 e. The fourth-order valence-corrected chi connectivity index (χ4v) is 3.82. The Morgan fingerprint density at radius 3 is 1.00 bits per heavy atom. The van der Waals surface area contributed by atoms with Crippen molar-refractivity contribution < 1.29 is 0 Å². The van der Waals surface area contributed by atoms with Crippen LogP contribution in [0, 0.1) is 23.7 Å². The van der Waals surface area contributed by atoms with E-state index in [0.29, 0.717) is 0 Å². The van der Waals surface area contributed by atoms with Gasteiger partial charge in [-0.05, 0) is 62.2 Å². The molecule has 0 N–H and O–H groups in total. The first-order valence-electron chi connectivity index (χ1n) is 4.93. The second kappa shape index (κ2) is 2.65. The van der Waals surface area contributed by atoms with Gasteiger partial charge in [0.05, 0.1) is 0 Å². The molecular formula is C10H17Cl. The summed E-state index contributed by atoms with van der Waals surface area (Å²) in [5, 5.41) is 0. The van der Waals surface area contributed by atoms with Crippen molar-refractivity contribution in [3.63, 3.8) is 0 Å². The second-order valence-corrected chi connectivity index (χ2v) is 4.67. The maximum absolute atomic E-state index is 1.62. The minimum absolute atomic E-state index is 0. The molecule has 5 rings (SSSR count). The third-order valence-corrected chi connectivity index (χ3v) is 4.36. The van der Waals surface area contributed by atoms with Gasteiger partial charge in [0.1, 0.15) is 0 Å². The summed E-state index contributed by atoms with van der Waals surface area (Å²) in [6.45, 7) is 0. The number of halogens is 1. The number of hydrogen-bond acceptors (Lipinski definition) is 0. The van der Waals surface area contributed by atoms with Gasteiger partial charge in [0.2, 0.25) is 0 Å². The molecule has 5 aliphatic carbocycles. The Kier molecular flexibility index (Phi) is 1.91. The first-order valence-corrected chi connectivity index (χ1v) is 4.93. The van der Waals surface area contributed by atoms with Crippen molar-refractivity contribution in [3.05, 3.63) is 0 Å². The third-order valence-electron chi connectivity index (χ3n) is 4.36. The molecule has 0 amide bonds. The predicted octanol–water partition coefficient (Wildman–Crippen LogP) is 3.25. The lowest BCUT2D eigenvalue weighted by Gasteiger charge is -2.52. The van der Waals surface area contributed by atoms with Crippen LogP contribution >= 0.6 is 12.4 Å². The van der Waals surface area contributed by atoms with Gasteiger partial charge in [0, 0.05) is 0 Å². The first kappa shape index (κ1) is 7.91. The van der Waals surface area contributed by atoms with Gasteiger partial charge in [-0.1, -0.05) is 0 Å². The van der Waals surface area contributed by atoms with E-state index in [1.54, 1.807) is 38.5 Å². The Labute approximate surface area is 75.2 Å². The van der Waals surface area contributed by atoms with Gasteiger partial charge in [-0.3, -0.25) is 0 Å². The van der Waals surface area contributed by atoms with Gasteiger partial charge >= 0.3 is 0 Å². The van der Waals surface area contributed by atoms with Crippen molar-refractivity contribution in [2.45, 2.75) is 38.5 Å². The number of fused-ring (bicyclic) bond motifs is 2. The largest absolute Gasteiger partial charge is 0.147 e. The lowest BCUT2D eigenvalue weighted by atomic mass is 9.53. The molecule has 0 aromatic heterocycles. The average molecular weight is 173 g/mol. The molecule has 1 heteroatoms. The molecule has 5 aliphatic rings. The topological polar surface area (TPSA) is 0 Å². The van der Waals surface area contributed by atoms with Crippen molar-refractivity contribution in [2.75, 3.05) is 0 Å². The highest BCUT2D eigenvalue weighted by Crippen LogP contribution is 2.55. The molecule has 0 spiro atoms. The zero-order chi connectivity index (χ0) is 6.55. The quantitative estimate of drug-likeness (QED) is 0.526. The minimum atomic E-state index is 0. The Bertz CT molecular complexity index is 121. The molecule has 0 aliphatic heterocycles. The molecule has 0 radical (unpaired) electrons. The number of hydrogen-bond donors (Lipinski definition) is 0. The first-order chi connectivity index (χ1) is 4.93. The molecule has 0 nitrogen and oxygen atoms in total. The lowest BCUT2D eigenvalue weighted by Crippen LogP contribution is -2.42. The molecule has 4 atom stereocenters. The molecule has 4 unspecified atom stereocenters. The smallest absolute Gasteiger partial charge is 0.0383 e. The van der Waals surface area contributed by atoms with E-state index in [1.165, 1.54) is 23.7 Å². The van der Waals surface area contributed by atoms with Crippen LogP contribution in [0.3, 0.4) is 0 Å². The Hall–Kier alpha value is 0.290. The molecule has 0 aromatic rings. The van der Waals surface area contributed by atoms with E-state index in [4.69, 9.17) is 0 Å². The van der Waals surface area contributed by atoms with Crippen LogP contribution in [0.15, 0.2) is 0 Å². The Balaban J connectivity index is 0.000000480. The van der Waals surface area contributed by atoms with Gasteiger partial charge < -0.3 is 0 Å². The summed E-state index contributed by atoms with van der Waals surface area (Å²) in [5.41, 5.74) is 0. The van der Waals surface area contributed by atoms with Gasteiger partial charge in [-0.2, -0.15) is 0 Å². The molecule has 5 fully saturated rings. The zero-order valence-electron chi connectivity index (χ0n) is 6.96. The van der Waals surface area contributed by atoms with E-state index in [1.807, 2.05) is 0 Å². The van der Waals surface area contributed by atoms with E-state index >= 15 is 0 Å². The monoisotopic (exact) mass is 172 g/mol. The summed E-state index contributed by atoms with van der Waals surface area (Å²) in [6, 6.07) is 0. The standard InChI is InChI=1S/C10H16.ClH/c1-2-8-6-9-3-4-10(8)5-7(1)9;/h7-10H,1-6H2;1H. The molecular weight excluding hydrogens is 156 g/mol. The molecule has 11 heavy (non-hydrogen) atoms. The van der Waals surface area contributed by atoms with Crippen molar-refractivity contribution in [3.8, 4) is 0 Å². The minimum Gasteiger partial charge on any atom is -0.147 e. The van der Waals surface area contributed by atoms with Crippen LogP contribution < -0.4 is 0 Å². The molecule has 5 saturated carbocycles. The van der Waals surface area contributed by atoms with E-state index in [-0.39, 0.29) is 12.4 Å². The third kappa shape index (κ3) is 1.02. The van der Waals surface area contributed by atoms with E-state index in [9.17, 15) is 0 Å². The Morgan fingerprint density at radius 2 is 0.818 bits per heavy atom. The number of rotatable bonds is 0. The van der Waals surface area contributed by atoms with Gasteiger partial charge in [-0.15, -0.1) is 12.4 Å². The van der Waals surface area contributed by atoms with Crippen LogP contribution in [0.25, 0.3) is 0 Å². The van der Waals surface area contributed by atoms with Gasteiger partial charge in [0.25, 0.3) is 0 Å². The second-order valence-electron chi connectivity index (χ2n) is 4.67. The zero-order valence-corrected chi connectivity index (χ0v) is 7.78. The maximum atomic E-state index is 1.62. The van der Waals surface area contributed by atoms with Crippen LogP contribution in [0.2, 0.25) is 0 Å². The molecule has 0 aromatic carbocycles. The van der Waals surface area contributed by atoms with Crippen LogP contribution in [0.4, 0.5) is 0 Å². The van der Waals surface area contributed by atoms with Gasteiger partial charge in [0.15, 0.2) is 0 Å². The van der Waals surface area contributed by atoms with E-state index < -0.39 is 0 Å². The molecule has 0 heterocycles. The summed E-state index contributed by atoms with van der Waals surface area (Å²) in [6.07, 6.45) is 9.60. The summed E-state index contributed by atoms with van der Waals surface area (Å²) in [4.78, 5) is 0. The van der Waals surface area contributed by atoms with E-state index in [0.717, 1.165) is 0 Å². The van der Waals surface area contributed by atoms with Crippen LogP contribution in [0.1, 0.15) is 38.5 Å². The molecule has 64 valence electrons. The van der Waals surface area contributed by atoms with Crippen LogP contribution in [-0.2, 0) is 0 Å². The predicted molar refractivity (Wildman–Crippen MR) is 48.9 cm³/mol. The van der Waals surface area contributed by atoms with Crippen molar-refractivity contribution in [1.82, 2.24) is 0 Å². The van der Waals surface area contributed by atoms with E-state index in [2.05, 4.69) is 0 Å².